The largest absolute Gasteiger partial charge is 0.397 e. The van der Waals surface area contributed by atoms with Crippen molar-refractivity contribution in [3.63, 3.8) is 0 Å². The lowest BCUT2D eigenvalue weighted by Gasteiger charge is -2.30. The number of anilines is 2. The van der Waals surface area contributed by atoms with Crippen LogP contribution in [-0.4, -0.2) is 96.4 Å². The van der Waals surface area contributed by atoms with Gasteiger partial charge in [0, 0.05) is 6.20 Å². The number of rotatable bonds is 2. The van der Waals surface area contributed by atoms with E-state index in [-0.39, 0.29) is 17.0 Å². The molecule has 18 nitrogen and oxygen atoms in total. The van der Waals surface area contributed by atoms with Crippen LogP contribution >= 0.6 is 14.2 Å². The molecule has 3 saturated heterocycles. The molecular formula is C21H24BFN10O8P2S. The quantitative estimate of drug-likeness (QED) is 0.165. The number of hydrogen-bond donors (Lipinski definition) is 4. The number of imidazole rings is 2. The highest BCUT2D eigenvalue weighted by Gasteiger charge is 2.52. The first-order valence-corrected chi connectivity index (χ1v) is 17.2. The molecular weight excluding hydrogens is 644 g/mol. The Bertz CT molecular complexity index is 1710. The molecule has 2 radical (unpaired) electrons. The fourth-order valence-corrected chi connectivity index (χ4v) is 7.85. The van der Waals surface area contributed by atoms with Crippen LogP contribution in [0.3, 0.4) is 0 Å². The van der Waals surface area contributed by atoms with E-state index in [4.69, 9.17) is 64.1 Å². The zero-order valence-electron chi connectivity index (χ0n) is 22.3. The van der Waals surface area contributed by atoms with Crippen molar-refractivity contribution in [2.24, 2.45) is 5.73 Å². The molecule has 7 rings (SSSR count). The molecule has 0 aliphatic carbocycles. The van der Waals surface area contributed by atoms with Crippen LogP contribution < -0.4 is 17.2 Å². The molecule has 0 amide bonds. The smallest absolute Gasteiger partial charge is 0.325 e. The van der Waals surface area contributed by atoms with E-state index in [1.54, 1.807) is 6.07 Å². The lowest BCUT2D eigenvalue weighted by molar-refractivity contribution is -0.0564. The zero-order valence-corrected chi connectivity index (χ0v) is 25.0. The van der Waals surface area contributed by atoms with Gasteiger partial charge in [0.15, 0.2) is 35.7 Å². The third-order valence-electron chi connectivity index (χ3n) is 7.43. The average molecular weight is 668 g/mol. The molecule has 4 aromatic heterocycles. The maximum Gasteiger partial charge on any atom is 0.325 e. The van der Waals surface area contributed by atoms with Crippen LogP contribution in [0.25, 0.3) is 22.3 Å². The van der Waals surface area contributed by atoms with Gasteiger partial charge in [0.25, 0.3) is 7.47 Å². The Morgan fingerprint density at radius 1 is 0.955 bits per heavy atom. The van der Waals surface area contributed by atoms with E-state index in [1.807, 2.05) is 0 Å². The van der Waals surface area contributed by atoms with Gasteiger partial charge in [-0.15, -0.1) is 0 Å². The van der Waals surface area contributed by atoms with Gasteiger partial charge in [-0.25, -0.2) is 29.3 Å². The highest BCUT2D eigenvalue weighted by molar-refractivity contribution is 8.07. The minimum atomic E-state index is -4.48. The Kier molecular flexibility index (Phi) is 7.49. The highest BCUT2D eigenvalue weighted by Crippen LogP contribution is 2.53. The summed E-state index contributed by atoms with van der Waals surface area (Å²) < 4.78 is 66.3. The van der Waals surface area contributed by atoms with Crippen molar-refractivity contribution in [2.75, 3.05) is 24.7 Å². The normalized spacial score (nSPS) is 38.2. The van der Waals surface area contributed by atoms with Crippen LogP contribution in [0.5, 0.6) is 0 Å². The molecule has 232 valence electrons. The van der Waals surface area contributed by atoms with E-state index in [2.05, 4.69) is 24.9 Å². The summed E-state index contributed by atoms with van der Waals surface area (Å²) in [6, 6.07) is 0.588. The molecule has 0 spiro atoms. The minimum Gasteiger partial charge on any atom is -0.397 e. The summed E-state index contributed by atoms with van der Waals surface area (Å²) in [5, 5.41) is 0. The van der Waals surface area contributed by atoms with Crippen molar-refractivity contribution in [1.82, 2.24) is 34.1 Å². The molecule has 7 heterocycles. The van der Waals surface area contributed by atoms with Gasteiger partial charge in [-0.05, 0) is 17.9 Å². The first kappa shape index (κ1) is 30.0. The lowest BCUT2D eigenvalue weighted by atomic mass is 10.1. The predicted molar refractivity (Wildman–Crippen MR) is 154 cm³/mol. The van der Waals surface area contributed by atoms with Crippen molar-refractivity contribution < 1.29 is 41.4 Å². The second kappa shape index (κ2) is 11.0. The second-order valence-corrected chi connectivity index (χ2v) is 14.5. The van der Waals surface area contributed by atoms with Crippen LogP contribution in [0.1, 0.15) is 12.5 Å². The Labute approximate surface area is 253 Å². The van der Waals surface area contributed by atoms with Gasteiger partial charge in [-0.1, -0.05) is 0 Å². The minimum absolute atomic E-state index is 0.0704. The number of ether oxygens (including phenoxy) is 2. The molecule has 3 fully saturated rings. The predicted octanol–water partition coefficient (Wildman–Crippen LogP) is 0.206. The van der Waals surface area contributed by atoms with E-state index in [9.17, 15) is 9.46 Å². The summed E-state index contributed by atoms with van der Waals surface area (Å²) in [5.74, 6) is 0.0704. The molecule has 7 N–H and O–H groups in total. The van der Waals surface area contributed by atoms with Gasteiger partial charge in [0.1, 0.15) is 41.8 Å². The number of hydrogen-bond acceptors (Lipinski definition) is 16. The highest BCUT2D eigenvalue weighted by atomic mass is 32.5. The van der Waals surface area contributed by atoms with E-state index in [0.717, 1.165) is 0 Å². The Hall–Kier alpha value is -2.68. The second-order valence-electron chi connectivity index (χ2n) is 10.2. The maximum absolute atomic E-state index is 16.0. The number of nitrogens with two attached hydrogens (primary N) is 3. The number of nitrogen functional groups attached to an aromatic ring is 2. The van der Waals surface area contributed by atoms with Crippen LogP contribution in [0.2, 0.25) is 0 Å². The van der Waals surface area contributed by atoms with Gasteiger partial charge in [0.05, 0.1) is 37.6 Å². The van der Waals surface area contributed by atoms with Gasteiger partial charge >= 0.3 is 6.72 Å². The van der Waals surface area contributed by atoms with Crippen molar-refractivity contribution in [2.45, 2.75) is 49.1 Å². The number of nitrogens with zero attached hydrogens (tertiary/aromatic N) is 7. The van der Waals surface area contributed by atoms with Crippen molar-refractivity contribution in [1.29, 1.82) is 0 Å². The summed E-state index contributed by atoms with van der Waals surface area (Å²) in [6.07, 6.45) is -4.17. The molecule has 23 heteroatoms. The first-order chi connectivity index (χ1) is 20.9. The molecule has 3 aliphatic heterocycles. The molecule has 0 aromatic carbocycles. The summed E-state index contributed by atoms with van der Waals surface area (Å²) in [6.45, 7) is -5.15. The molecule has 0 saturated carbocycles. The van der Waals surface area contributed by atoms with Crippen LogP contribution in [-0.2, 0) is 43.9 Å². The Morgan fingerprint density at radius 2 is 1.61 bits per heavy atom. The molecule has 4 unspecified atom stereocenters. The Morgan fingerprint density at radius 3 is 2.41 bits per heavy atom. The molecule has 10 atom stereocenters. The van der Waals surface area contributed by atoms with Gasteiger partial charge in [-0.2, -0.15) is 0 Å². The number of fused-ring (bicyclic) bond motifs is 4. The van der Waals surface area contributed by atoms with Crippen molar-refractivity contribution in [3.8, 4) is 0 Å². The maximum atomic E-state index is 16.0. The van der Waals surface area contributed by atoms with E-state index >= 15 is 4.39 Å². The molecule has 3 aliphatic rings. The van der Waals surface area contributed by atoms with E-state index in [0.29, 0.717) is 16.9 Å². The van der Waals surface area contributed by atoms with E-state index < -0.39 is 76.5 Å². The van der Waals surface area contributed by atoms with Crippen molar-refractivity contribution in [3.05, 3.63) is 31.2 Å². The first-order valence-electron chi connectivity index (χ1n) is 13.0. The lowest BCUT2D eigenvalue weighted by Crippen LogP contribution is -2.42. The number of aromatic nitrogens is 7. The number of pyridine rings is 1. The SMILES string of the molecule is [B]P1(=O)OC[C@H]2O[C@@H](n3cnc4c(N)ccnc43)[C@@H](N)C2OP(O)(=S)OC[C@H]2O[C@@H](n3cnc4c(N)ncnc43)C(F)[C@H]2O1. The summed E-state index contributed by atoms with van der Waals surface area (Å²) in [7, 11) is 1.42. The zero-order chi connectivity index (χ0) is 31.0. The molecule has 4 aromatic rings. The van der Waals surface area contributed by atoms with Gasteiger partial charge in [-0.3, -0.25) is 13.7 Å². The standard InChI is InChI=1S/C21H24BFN10O8P2S/c22-42(34)36-3-10-16(12(25)21(39-10)33-6-30-13-8(24)1-2-27-18(13)33)41-43(35,44)37-4-9-15(40-42)11(23)20(38-9)32-7-31-14-17(26)28-5-29-19(14)32/h1-2,5-7,9-12,15-16,20-21H,3-4,25H2,(H2,24,27)(H,35,44)(H2,26,28,29)/t9-,10-,11?,12+,15+,16?,20-,21-,42?,43?/m1/s1. The molecule has 44 heavy (non-hydrogen) atoms. The summed E-state index contributed by atoms with van der Waals surface area (Å²) in [4.78, 5) is 31.7. The summed E-state index contributed by atoms with van der Waals surface area (Å²) in [5.41, 5.74) is 19.9. The third kappa shape index (κ3) is 5.21. The fraction of sp³-hybridized carbons (Fsp3) is 0.476. The van der Waals surface area contributed by atoms with Crippen LogP contribution in [0, 0.1) is 0 Å². The number of halogens is 1. The van der Waals surface area contributed by atoms with E-state index in [1.165, 1.54) is 34.3 Å². The summed E-state index contributed by atoms with van der Waals surface area (Å²) >= 11 is 5.26. The monoisotopic (exact) mass is 668 g/mol. The molecule has 0 bridgehead atoms. The number of alkyl halides is 1. The van der Waals surface area contributed by atoms with Crippen molar-refractivity contribution >= 4 is 67.4 Å². The van der Waals surface area contributed by atoms with Gasteiger partial charge in [0.2, 0.25) is 7.57 Å². The topological polar surface area (TPSA) is 245 Å². The Balaban J connectivity index is 1.17. The van der Waals surface area contributed by atoms with Crippen LogP contribution in [0.4, 0.5) is 15.9 Å². The van der Waals surface area contributed by atoms with Gasteiger partial charge < -0.3 is 49.7 Å². The van der Waals surface area contributed by atoms with Crippen LogP contribution in [0.15, 0.2) is 31.2 Å². The fourth-order valence-electron chi connectivity index (χ4n) is 5.38. The average Bonchev–Trinajstić information content (AvgIpc) is 3.73. The third-order valence-corrected chi connectivity index (χ3v) is 10.0.